The first-order chi connectivity index (χ1) is 10.5. The number of ether oxygens (including phenoxy) is 2. The van der Waals surface area contributed by atoms with Crippen LogP contribution in [0.25, 0.3) is 0 Å². The zero-order chi connectivity index (χ0) is 18.0. The van der Waals surface area contributed by atoms with E-state index in [9.17, 15) is 9.59 Å². The van der Waals surface area contributed by atoms with E-state index in [-0.39, 0.29) is 17.3 Å². The van der Waals surface area contributed by atoms with Crippen molar-refractivity contribution in [3.63, 3.8) is 0 Å². The second-order valence-corrected chi connectivity index (χ2v) is 7.42. The van der Waals surface area contributed by atoms with Gasteiger partial charge in [-0.25, -0.2) is 4.79 Å². The molecule has 0 aliphatic heterocycles. The third-order valence-electron chi connectivity index (χ3n) is 4.35. The van der Waals surface area contributed by atoms with Crippen molar-refractivity contribution in [3.05, 3.63) is 34.6 Å². The van der Waals surface area contributed by atoms with Crippen LogP contribution in [0, 0.1) is 11.3 Å². The monoisotopic (exact) mass is 320 g/mol. The average molecular weight is 320 g/mol. The van der Waals surface area contributed by atoms with Gasteiger partial charge in [-0.1, -0.05) is 25.5 Å². The highest BCUT2D eigenvalue weighted by molar-refractivity contribution is 5.95. The predicted molar refractivity (Wildman–Crippen MR) is 90.7 cm³/mol. The van der Waals surface area contributed by atoms with E-state index in [0.717, 1.165) is 17.4 Å². The summed E-state index contributed by atoms with van der Waals surface area (Å²) in [5.41, 5.74) is 1.34. The van der Waals surface area contributed by atoms with Crippen LogP contribution in [0.4, 0.5) is 0 Å². The van der Waals surface area contributed by atoms with Gasteiger partial charge in [-0.05, 0) is 46.1 Å². The lowest BCUT2D eigenvalue weighted by Crippen LogP contribution is -2.35. The van der Waals surface area contributed by atoms with Crippen molar-refractivity contribution in [2.45, 2.75) is 54.1 Å². The van der Waals surface area contributed by atoms with Crippen molar-refractivity contribution in [2.24, 2.45) is 11.3 Å². The molecule has 0 saturated carbocycles. The van der Waals surface area contributed by atoms with E-state index < -0.39 is 5.60 Å². The Morgan fingerprint density at radius 2 is 1.78 bits per heavy atom. The lowest BCUT2D eigenvalue weighted by Gasteiger charge is -2.40. The largest absolute Gasteiger partial charge is 0.500 e. The summed E-state index contributed by atoms with van der Waals surface area (Å²) < 4.78 is 11.1. The van der Waals surface area contributed by atoms with Crippen molar-refractivity contribution in [3.8, 4) is 0 Å². The zero-order valence-electron chi connectivity index (χ0n) is 15.4. The Morgan fingerprint density at radius 1 is 1.22 bits per heavy atom. The summed E-state index contributed by atoms with van der Waals surface area (Å²) in [5, 5.41) is 0. The molecule has 0 spiro atoms. The lowest BCUT2D eigenvalue weighted by molar-refractivity contribution is -0.149. The highest BCUT2D eigenvalue weighted by Crippen LogP contribution is 2.48. The Labute approximate surface area is 139 Å². The fourth-order valence-corrected chi connectivity index (χ4v) is 2.92. The zero-order valence-corrected chi connectivity index (χ0v) is 15.4. The molecule has 0 radical (unpaired) electrons. The molecule has 0 aromatic rings. The van der Waals surface area contributed by atoms with Gasteiger partial charge in [0.05, 0.1) is 12.7 Å². The fraction of sp³-hybridized carbons (Fsp3) is 0.579. The van der Waals surface area contributed by atoms with Gasteiger partial charge in [-0.2, -0.15) is 0 Å². The summed E-state index contributed by atoms with van der Waals surface area (Å²) in [5.74, 6) is 0.247. The Kier molecular flexibility index (Phi) is 5.62. The van der Waals surface area contributed by atoms with Crippen molar-refractivity contribution in [2.75, 3.05) is 7.11 Å². The molecule has 1 rings (SSSR count). The summed E-state index contributed by atoms with van der Waals surface area (Å²) in [4.78, 5) is 23.4. The van der Waals surface area contributed by atoms with Crippen molar-refractivity contribution in [1.82, 2.24) is 0 Å². The minimum Gasteiger partial charge on any atom is -0.500 e. The Bertz CT molecular complexity index is 583. The molecule has 0 saturated heterocycles. The number of hydrogen-bond acceptors (Lipinski definition) is 4. The fourth-order valence-electron chi connectivity index (χ4n) is 2.92. The SMILES string of the molecule is COC1=C(C)C(C(=O)OC(C)(C)C)=C(C)C(C)(C)C1C=CC=O. The number of carbonyl (C=O) groups excluding carboxylic acids is 2. The van der Waals surface area contributed by atoms with Crippen LogP contribution < -0.4 is 0 Å². The smallest absolute Gasteiger partial charge is 0.339 e. The van der Waals surface area contributed by atoms with Gasteiger partial charge >= 0.3 is 5.97 Å². The average Bonchev–Trinajstić information content (AvgIpc) is 2.39. The van der Waals surface area contributed by atoms with Crippen molar-refractivity contribution < 1.29 is 19.1 Å². The van der Waals surface area contributed by atoms with E-state index >= 15 is 0 Å². The van der Waals surface area contributed by atoms with Crippen LogP contribution in [0.2, 0.25) is 0 Å². The molecular weight excluding hydrogens is 292 g/mol. The molecule has 4 nitrogen and oxygen atoms in total. The number of allylic oxidation sites excluding steroid dienone is 3. The quantitative estimate of drug-likeness (QED) is 0.447. The Balaban J connectivity index is 3.48. The third-order valence-corrected chi connectivity index (χ3v) is 4.35. The number of esters is 1. The Morgan fingerprint density at radius 3 is 2.22 bits per heavy atom. The lowest BCUT2D eigenvalue weighted by atomic mass is 9.66. The van der Waals surface area contributed by atoms with Gasteiger partial charge in [0.25, 0.3) is 0 Å². The molecule has 4 heteroatoms. The minimum absolute atomic E-state index is 0.108. The molecule has 0 aromatic carbocycles. The maximum absolute atomic E-state index is 12.7. The first-order valence-corrected chi connectivity index (χ1v) is 7.79. The van der Waals surface area contributed by atoms with Gasteiger partial charge < -0.3 is 9.47 Å². The molecular formula is C19H28O4. The van der Waals surface area contributed by atoms with Crippen LogP contribution in [-0.4, -0.2) is 25.0 Å². The predicted octanol–water partition coefficient (Wildman–Crippen LogP) is 3.98. The highest BCUT2D eigenvalue weighted by atomic mass is 16.6. The molecule has 1 unspecified atom stereocenters. The van der Waals surface area contributed by atoms with Gasteiger partial charge in [0.1, 0.15) is 17.6 Å². The van der Waals surface area contributed by atoms with Gasteiger partial charge in [0.2, 0.25) is 0 Å². The highest BCUT2D eigenvalue weighted by Gasteiger charge is 2.42. The van der Waals surface area contributed by atoms with Crippen LogP contribution in [-0.2, 0) is 19.1 Å². The van der Waals surface area contributed by atoms with E-state index in [0.29, 0.717) is 11.3 Å². The molecule has 1 atom stereocenters. The van der Waals surface area contributed by atoms with Gasteiger partial charge in [0.15, 0.2) is 0 Å². The second kappa shape index (κ2) is 6.73. The van der Waals surface area contributed by atoms with Crippen LogP contribution in [0.5, 0.6) is 0 Å². The van der Waals surface area contributed by atoms with E-state index in [2.05, 4.69) is 0 Å². The topological polar surface area (TPSA) is 52.6 Å². The molecule has 23 heavy (non-hydrogen) atoms. The molecule has 0 N–H and O–H groups in total. The molecule has 0 amide bonds. The molecule has 1 aliphatic carbocycles. The van der Waals surface area contributed by atoms with E-state index in [1.807, 2.05) is 54.5 Å². The molecule has 0 fully saturated rings. The van der Waals surface area contributed by atoms with E-state index in [1.165, 1.54) is 6.08 Å². The summed E-state index contributed by atoms with van der Waals surface area (Å²) in [6.07, 6.45) is 4.05. The number of hydrogen-bond donors (Lipinski definition) is 0. The number of carbonyl (C=O) groups is 2. The Hall–Kier alpha value is -1.84. The standard InChI is InChI=1S/C19H28O4/c1-12-15(17(21)23-18(3,4)5)13(2)19(6,7)14(10-9-11-20)16(12)22-8/h9-11,14H,1-8H3. The molecule has 0 heterocycles. The van der Waals surface area contributed by atoms with Crippen LogP contribution in [0.15, 0.2) is 34.6 Å². The first kappa shape index (κ1) is 19.2. The van der Waals surface area contributed by atoms with Gasteiger partial charge in [-0.3, -0.25) is 4.79 Å². The van der Waals surface area contributed by atoms with Crippen molar-refractivity contribution in [1.29, 1.82) is 0 Å². The first-order valence-electron chi connectivity index (χ1n) is 7.79. The maximum atomic E-state index is 12.7. The normalized spacial score (nSPS) is 21.7. The summed E-state index contributed by atoms with van der Waals surface area (Å²) in [6.45, 7) is 13.4. The van der Waals surface area contributed by atoms with E-state index in [1.54, 1.807) is 7.11 Å². The van der Waals surface area contributed by atoms with E-state index in [4.69, 9.17) is 9.47 Å². The summed E-state index contributed by atoms with van der Waals surface area (Å²) in [6, 6.07) is 0. The number of methoxy groups -OCH3 is 1. The number of aldehydes is 1. The molecule has 1 aliphatic rings. The minimum atomic E-state index is -0.559. The van der Waals surface area contributed by atoms with Crippen LogP contribution >= 0.6 is 0 Å². The third kappa shape index (κ3) is 3.92. The molecule has 128 valence electrons. The maximum Gasteiger partial charge on any atom is 0.339 e. The van der Waals surface area contributed by atoms with Gasteiger partial charge in [0, 0.05) is 11.5 Å². The van der Waals surface area contributed by atoms with Crippen LogP contribution in [0.3, 0.4) is 0 Å². The van der Waals surface area contributed by atoms with Crippen LogP contribution in [0.1, 0.15) is 48.5 Å². The van der Waals surface area contributed by atoms with Crippen molar-refractivity contribution >= 4 is 12.3 Å². The summed E-state index contributed by atoms with van der Waals surface area (Å²) >= 11 is 0. The second-order valence-electron chi connectivity index (χ2n) is 7.42. The summed E-state index contributed by atoms with van der Waals surface area (Å²) in [7, 11) is 1.59. The molecule has 0 bridgehead atoms. The number of rotatable bonds is 4. The van der Waals surface area contributed by atoms with Gasteiger partial charge in [-0.15, -0.1) is 0 Å². The molecule has 0 aromatic heterocycles.